The van der Waals surface area contributed by atoms with Crippen LogP contribution in [0.4, 0.5) is 11.6 Å². The number of likely N-dealkylation sites (N-methyl/N-ethyl adjacent to an activating group) is 1. The lowest BCUT2D eigenvalue weighted by Crippen LogP contribution is -2.49. The monoisotopic (exact) mass is 525 g/mol. The quantitative estimate of drug-likeness (QED) is 0.277. The molecular weight excluding hydrogens is 482 g/mol. The average molecular weight is 526 g/mol. The van der Waals surface area contributed by atoms with Crippen LogP contribution in [0.2, 0.25) is 0 Å². The number of piperazine rings is 1. The van der Waals surface area contributed by atoms with E-state index in [9.17, 15) is 9.59 Å². The first-order valence-electron chi connectivity index (χ1n) is 13.6. The molecule has 2 heterocycles. The predicted octanol–water partition coefficient (Wildman–Crippen LogP) is 2.22. The molecule has 1 aromatic heterocycles. The van der Waals surface area contributed by atoms with Crippen LogP contribution in [-0.2, 0) is 16.1 Å². The maximum atomic E-state index is 13.4. The Kier molecular flexibility index (Phi) is 11.8. The van der Waals surface area contributed by atoms with Crippen LogP contribution in [0, 0.1) is 6.92 Å². The normalized spacial score (nSPS) is 14.3. The highest BCUT2D eigenvalue weighted by molar-refractivity contribution is 5.78. The van der Waals surface area contributed by atoms with Gasteiger partial charge in [0.15, 0.2) is 0 Å². The summed E-state index contributed by atoms with van der Waals surface area (Å²) in [5, 5.41) is 0. The molecule has 0 atom stereocenters. The van der Waals surface area contributed by atoms with Crippen molar-refractivity contribution in [2.75, 3.05) is 76.6 Å². The number of unbranched alkanes of at least 4 members (excludes halogenated alkanes) is 1. The summed E-state index contributed by atoms with van der Waals surface area (Å²) in [6.45, 7) is 10.4. The van der Waals surface area contributed by atoms with E-state index in [0.717, 1.165) is 50.9 Å². The van der Waals surface area contributed by atoms with E-state index in [0.29, 0.717) is 56.4 Å². The zero-order valence-corrected chi connectivity index (χ0v) is 23.1. The highest BCUT2D eigenvalue weighted by Gasteiger charge is 2.22. The number of carbonyl (C=O) groups excluding carboxylic acids is 2. The van der Waals surface area contributed by atoms with E-state index in [1.54, 1.807) is 0 Å². The number of aromatic nitrogens is 2. The van der Waals surface area contributed by atoms with E-state index >= 15 is 0 Å². The second-order valence-corrected chi connectivity index (χ2v) is 9.89. The molecule has 208 valence electrons. The van der Waals surface area contributed by atoms with Gasteiger partial charge in [-0.05, 0) is 32.4 Å². The van der Waals surface area contributed by atoms with Crippen LogP contribution in [0.5, 0.6) is 6.01 Å². The van der Waals surface area contributed by atoms with Crippen LogP contribution in [0.15, 0.2) is 30.3 Å². The highest BCUT2D eigenvalue weighted by Crippen LogP contribution is 2.24. The summed E-state index contributed by atoms with van der Waals surface area (Å²) in [6.07, 6.45) is 3.42. The minimum Gasteiger partial charge on any atom is -0.463 e. The van der Waals surface area contributed by atoms with Crippen molar-refractivity contribution < 1.29 is 14.3 Å². The Bertz CT molecular complexity index is 1010. The standard InChI is InChI=1S/C28H43N7O3/c1-4-5-20-38-28-30-26(29)23(2)27(31-28)34(18-19-36)12-9-13-35(21-24-10-7-6-8-11-24)25(37)22-33-16-14-32(3)15-17-33/h6-8,10-11,19H,4-5,9,12-18,20-22H2,1-3H3,(H2,29,30,31). The number of benzene rings is 1. The van der Waals surface area contributed by atoms with E-state index in [1.807, 2.05) is 47.1 Å². The van der Waals surface area contributed by atoms with Gasteiger partial charge in [-0.1, -0.05) is 43.7 Å². The van der Waals surface area contributed by atoms with Crippen LogP contribution >= 0.6 is 0 Å². The minimum absolute atomic E-state index is 0.120. The van der Waals surface area contributed by atoms with Crippen LogP contribution in [0.25, 0.3) is 0 Å². The SMILES string of the molecule is CCCCOc1nc(N)c(C)c(N(CC=O)CCCN(Cc2ccccc2)C(=O)CN2CCN(C)CC2)n1. The number of hydrogen-bond acceptors (Lipinski definition) is 9. The molecule has 10 heteroatoms. The van der Waals surface area contributed by atoms with Crippen molar-refractivity contribution in [3.05, 3.63) is 41.5 Å². The maximum absolute atomic E-state index is 13.4. The molecule has 0 saturated carbocycles. The third-order valence-corrected chi connectivity index (χ3v) is 6.84. The van der Waals surface area contributed by atoms with Gasteiger partial charge in [0.2, 0.25) is 5.91 Å². The Hall–Kier alpha value is -3.24. The predicted molar refractivity (Wildman–Crippen MR) is 150 cm³/mol. The molecule has 0 radical (unpaired) electrons. The molecule has 0 bridgehead atoms. The van der Waals surface area contributed by atoms with Crippen LogP contribution < -0.4 is 15.4 Å². The van der Waals surface area contributed by atoms with E-state index in [2.05, 4.69) is 33.7 Å². The zero-order chi connectivity index (χ0) is 27.3. The molecular formula is C28H43N7O3. The number of ether oxygens (including phenoxy) is 1. The third kappa shape index (κ3) is 8.95. The second kappa shape index (κ2) is 15.2. The van der Waals surface area contributed by atoms with Crippen molar-refractivity contribution in [3.8, 4) is 6.01 Å². The Labute approximate surface area is 226 Å². The molecule has 2 aromatic rings. The third-order valence-electron chi connectivity index (χ3n) is 6.84. The highest BCUT2D eigenvalue weighted by atomic mass is 16.5. The van der Waals surface area contributed by atoms with Gasteiger partial charge in [-0.3, -0.25) is 9.69 Å². The first kappa shape index (κ1) is 29.3. The number of nitrogen functional groups attached to an aromatic ring is 1. The van der Waals surface area contributed by atoms with Gasteiger partial charge in [-0.25, -0.2) is 0 Å². The van der Waals surface area contributed by atoms with Crippen molar-refractivity contribution in [1.29, 1.82) is 0 Å². The molecule has 0 spiro atoms. The Balaban J connectivity index is 1.68. The van der Waals surface area contributed by atoms with Crippen molar-refractivity contribution in [2.24, 2.45) is 0 Å². The Morgan fingerprint density at radius 2 is 1.84 bits per heavy atom. The Morgan fingerprint density at radius 1 is 1.11 bits per heavy atom. The van der Waals surface area contributed by atoms with Gasteiger partial charge in [-0.2, -0.15) is 9.97 Å². The second-order valence-electron chi connectivity index (χ2n) is 9.89. The lowest BCUT2D eigenvalue weighted by atomic mass is 10.2. The van der Waals surface area contributed by atoms with Gasteiger partial charge in [0.25, 0.3) is 0 Å². The molecule has 1 amide bonds. The summed E-state index contributed by atoms with van der Waals surface area (Å²) in [7, 11) is 2.11. The fourth-order valence-electron chi connectivity index (χ4n) is 4.40. The summed E-state index contributed by atoms with van der Waals surface area (Å²) in [4.78, 5) is 42.1. The van der Waals surface area contributed by atoms with Crippen molar-refractivity contribution in [1.82, 2.24) is 24.7 Å². The Morgan fingerprint density at radius 3 is 2.53 bits per heavy atom. The molecule has 10 nitrogen and oxygen atoms in total. The molecule has 3 rings (SSSR count). The van der Waals surface area contributed by atoms with Crippen molar-refractivity contribution in [2.45, 2.75) is 39.7 Å². The first-order chi connectivity index (χ1) is 18.4. The van der Waals surface area contributed by atoms with E-state index < -0.39 is 0 Å². The van der Waals surface area contributed by atoms with Crippen LogP contribution in [-0.4, -0.2) is 103 Å². The molecule has 1 saturated heterocycles. The summed E-state index contributed by atoms with van der Waals surface area (Å²) in [6, 6.07) is 10.3. The average Bonchev–Trinajstić information content (AvgIpc) is 2.91. The largest absolute Gasteiger partial charge is 0.463 e. The molecule has 1 aliphatic rings. The molecule has 1 fully saturated rings. The van der Waals surface area contributed by atoms with E-state index in [4.69, 9.17) is 10.5 Å². The topological polar surface area (TPSA) is 108 Å². The molecule has 0 unspecified atom stereocenters. The van der Waals surface area contributed by atoms with Gasteiger partial charge in [0, 0.05) is 51.4 Å². The minimum atomic E-state index is 0.120. The summed E-state index contributed by atoms with van der Waals surface area (Å²) in [5.41, 5.74) is 7.96. The van der Waals surface area contributed by atoms with E-state index in [1.165, 1.54) is 0 Å². The van der Waals surface area contributed by atoms with Crippen molar-refractivity contribution >= 4 is 23.8 Å². The number of hydrogen-bond donors (Lipinski definition) is 1. The fourth-order valence-corrected chi connectivity index (χ4v) is 4.40. The van der Waals surface area contributed by atoms with Gasteiger partial charge >= 0.3 is 6.01 Å². The fraction of sp³-hybridized carbons (Fsp3) is 0.571. The van der Waals surface area contributed by atoms with Gasteiger partial charge in [0.05, 0.1) is 19.7 Å². The first-order valence-corrected chi connectivity index (χ1v) is 13.6. The van der Waals surface area contributed by atoms with Crippen LogP contribution in [0.1, 0.15) is 37.3 Å². The van der Waals surface area contributed by atoms with E-state index in [-0.39, 0.29) is 18.5 Å². The molecule has 38 heavy (non-hydrogen) atoms. The van der Waals surface area contributed by atoms with Gasteiger partial charge < -0.3 is 30.0 Å². The number of amides is 1. The molecule has 1 aliphatic heterocycles. The number of rotatable bonds is 15. The molecule has 0 aliphatic carbocycles. The van der Waals surface area contributed by atoms with Crippen molar-refractivity contribution in [3.63, 3.8) is 0 Å². The maximum Gasteiger partial charge on any atom is 0.320 e. The number of nitrogens with zero attached hydrogens (tertiary/aromatic N) is 6. The smallest absolute Gasteiger partial charge is 0.320 e. The van der Waals surface area contributed by atoms with Crippen LogP contribution in [0.3, 0.4) is 0 Å². The lowest BCUT2D eigenvalue weighted by Gasteiger charge is -2.33. The number of anilines is 2. The summed E-state index contributed by atoms with van der Waals surface area (Å²) in [5.74, 6) is 1.05. The molecule has 1 aromatic carbocycles. The lowest BCUT2D eigenvalue weighted by molar-refractivity contribution is -0.133. The van der Waals surface area contributed by atoms with Gasteiger partial charge in [-0.15, -0.1) is 0 Å². The number of nitrogens with two attached hydrogens (primary N) is 1. The summed E-state index contributed by atoms with van der Waals surface area (Å²) < 4.78 is 5.69. The summed E-state index contributed by atoms with van der Waals surface area (Å²) >= 11 is 0. The number of carbonyl (C=O) groups is 2. The number of aldehydes is 1. The van der Waals surface area contributed by atoms with Gasteiger partial charge in [0.1, 0.15) is 17.9 Å². The zero-order valence-electron chi connectivity index (χ0n) is 23.1. The molecule has 2 N–H and O–H groups in total.